The Kier molecular flexibility index (Phi) is 4.79. The minimum Gasteiger partial charge on any atom is -0.452 e. The number of hydrogen-bond acceptors (Lipinski definition) is 5. The predicted molar refractivity (Wildman–Crippen MR) is 83.3 cm³/mol. The summed E-state index contributed by atoms with van der Waals surface area (Å²) in [6.07, 6.45) is 1.92. The van der Waals surface area contributed by atoms with Crippen LogP contribution in [0.25, 0.3) is 0 Å². The van der Waals surface area contributed by atoms with E-state index >= 15 is 0 Å². The van der Waals surface area contributed by atoms with Crippen LogP contribution in [0.2, 0.25) is 0 Å². The molecule has 0 radical (unpaired) electrons. The van der Waals surface area contributed by atoms with Crippen molar-refractivity contribution in [2.24, 2.45) is 5.73 Å². The lowest BCUT2D eigenvalue weighted by atomic mass is 10.3. The molecule has 108 valence electrons. The molecular formula is C12H13BrN2O3S2. The molecule has 8 heteroatoms. The Hall–Kier alpha value is -0.960. The molecular weight excluding hydrogens is 364 g/mol. The third-order valence-electron chi connectivity index (χ3n) is 2.52. The molecule has 0 unspecified atom stereocenters. The fraction of sp³-hybridized carbons (Fsp3) is 0.167. The van der Waals surface area contributed by atoms with Crippen molar-refractivity contribution in [3.8, 4) is 0 Å². The first-order valence-electron chi connectivity index (χ1n) is 5.61. The zero-order valence-electron chi connectivity index (χ0n) is 10.6. The van der Waals surface area contributed by atoms with Crippen molar-refractivity contribution < 1.29 is 12.8 Å². The van der Waals surface area contributed by atoms with Gasteiger partial charge in [0.05, 0.1) is 6.54 Å². The Morgan fingerprint density at radius 3 is 2.75 bits per heavy atom. The van der Waals surface area contributed by atoms with Gasteiger partial charge in [-0.2, -0.15) is 0 Å². The summed E-state index contributed by atoms with van der Waals surface area (Å²) in [6, 6.07) is 8.56. The first kappa shape index (κ1) is 15.4. The summed E-state index contributed by atoms with van der Waals surface area (Å²) >= 11 is 4.63. The molecule has 1 heterocycles. The molecule has 2 aromatic rings. The van der Waals surface area contributed by atoms with Gasteiger partial charge in [-0.25, -0.2) is 8.42 Å². The van der Waals surface area contributed by atoms with E-state index in [1.54, 1.807) is 18.2 Å². The second-order valence-electron chi connectivity index (χ2n) is 3.89. The smallest absolute Gasteiger partial charge is 0.266 e. The number of thioether (sulfide) groups is 1. The minimum atomic E-state index is -3.71. The van der Waals surface area contributed by atoms with Crippen LogP contribution in [-0.4, -0.2) is 14.7 Å². The number of furan rings is 1. The molecule has 5 nitrogen and oxygen atoms in total. The summed E-state index contributed by atoms with van der Waals surface area (Å²) in [7, 11) is -3.71. The van der Waals surface area contributed by atoms with Gasteiger partial charge in [0.1, 0.15) is 10.7 Å². The van der Waals surface area contributed by atoms with E-state index in [9.17, 15) is 8.42 Å². The van der Waals surface area contributed by atoms with E-state index in [0.29, 0.717) is 11.4 Å². The highest BCUT2D eigenvalue weighted by Gasteiger charge is 2.22. The van der Waals surface area contributed by atoms with Crippen LogP contribution in [0.3, 0.4) is 0 Å². The average molecular weight is 377 g/mol. The number of benzene rings is 1. The zero-order chi connectivity index (χ0) is 14.8. The summed E-state index contributed by atoms with van der Waals surface area (Å²) in [5, 5.41) is 0. The Balaban J connectivity index is 2.32. The van der Waals surface area contributed by atoms with E-state index in [1.807, 2.05) is 12.3 Å². The molecule has 0 spiro atoms. The van der Waals surface area contributed by atoms with Gasteiger partial charge in [-0.05, 0) is 40.4 Å². The summed E-state index contributed by atoms with van der Waals surface area (Å²) in [5.74, 6) is 0.398. The fourth-order valence-electron chi connectivity index (χ4n) is 1.58. The van der Waals surface area contributed by atoms with Crippen molar-refractivity contribution in [2.45, 2.75) is 16.3 Å². The van der Waals surface area contributed by atoms with Gasteiger partial charge in [-0.1, -0.05) is 6.07 Å². The van der Waals surface area contributed by atoms with Crippen LogP contribution in [0.5, 0.6) is 0 Å². The number of halogens is 1. The molecule has 20 heavy (non-hydrogen) atoms. The van der Waals surface area contributed by atoms with Gasteiger partial charge < -0.3 is 10.2 Å². The van der Waals surface area contributed by atoms with Crippen LogP contribution < -0.4 is 10.5 Å². The van der Waals surface area contributed by atoms with Gasteiger partial charge in [-0.15, -0.1) is 11.8 Å². The van der Waals surface area contributed by atoms with Crippen molar-refractivity contribution in [3.05, 3.63) is 40.8 Å². The number of nitrogens with one attached hydrogen (secondary N) is 1. The largest absolute Gasteiger partial charge is 0.452 e. The highest BCUT2D eigenvalue weighted by Crippen LogP contribution is 2.28. The highest BCUT2D eigenvalue weighted by molar-refractivity contribution is 9.10. The minimum absolute atomic E-state index is 0.0347. The first-order valence-corrected chi connectivity index (χ1v) is 9.11. The van der Waals surface area contributed by atoms with Gasteiger partial charge in [0, 0.05) is 16.6 Å². The summed E-state index contributed by atoms with van der Waals surface area (Å²) in [4.78, 5) is 1.01. The lowest BCUT2D eigenvalue weighted by Gasteiger charge is -2.07. The quantitative estimate of drug-likeness (QED) is 0.783. The normalized spacial score (nSPS) is 11.6. The Morgan fingerprint density at radius 2 is 2.15 bits per heavy atom. The molecule has 0 aliphatic rings. The standard InChI is InChI=1S/C12H13BrN2O3S2/c1-19-10-4-2-3-8(5-10)15-20(16,17)11-6-9(7-14)18-12(11)13/h2-6,15H,7,14H2,1H3. The Labute approximate surface area is 130 Å². The predicted octanol–water partition coefficient (Wildman–Crippen LogP) is 3.02. The van der Waals surface area contributed by atoms with Gasteiger partial charge in [-0.3, -0.25) is 4.72 Å². The molecule has 0 bridgehead atoms. The van der Waals surface area contributed by atoms with Crippen molar-refractivity contribution in [2.75, 3.05) is 11.0 Å². The molecule has 0 saturated carbocycles. The van der Waals surface area contributed by atoms with Gasteiger partial charge in [0.15, 0.2) is 4.67 Å². The number of sulfonamides is 1. The number of anilines is 1. The van der Waals surface area contributed by atoms with Gasteiger partial charge in [0.2, 0.25) is 0 Å². The molecule has 0 fully saturated rings. The number of hydrogen-bond donors (Lipinski definition) is 2. The molecule has 3 N–H and O–H groups in total. The molecule has 0 amide bonds. The van der Waals surface area contributed by atoms with Crippen LogP contribution in [0.15, 0.2) is 49.2 Å². The summed E-state index contributed by atoms with van der Waals surface area (Å²) < 4.78 is 32.5. The van der Waals surface area contributed by atoms with Crippen LogP contribution in [-0.2, 0) is 16.6 Å². The second kappa shape index (κ2) is 6.21. The molecule has 1 aromatic heterocycles. The fourth-order valence-corrected chi connectivity index (χ4v) is 4.09. The lowest BCUT2D eigenvalue weighted by Crippen LogP contribution is -2.12. The zero-order valence-corrected chi connectivity index (χ0v) is 13.8. The van der Waals surface area contributed by atoms with E-state index in [1.165, 1.54) is 17.8 Å². The van der Waals surface area contributed by atoms with Crippen molar-refractivity contribution >= 4 is 43.4 Å². The third-order valence-corrected chi connectivity index (χ3v) is 5.48. The molecule has 1 aromatic carbocycles. The van der Waals surface area contributed by atoms with E-state index in [2.05, 4.69) is 20.7 Å². The number of rotatable bonds is 5. The van der Waals surface area contributed by atoms with E-state index < -0.39 is 10.0 Å². The molecule has 2 rings (SSSR count). The van der Waals surface area contributed by atoms with Crippen LogP contribution in [0.1, 0.15) is 5.76 Å². The second-order valence-corrected chi connectivity index (χ2v) is 7.14. The maximum atomic E-state index is 12.3. The monoisotopic (exact) mass is 376 g/mol. The summed E-state index contributed by atoms with van der Waals surface area (Å²) in [5.41, 5.74) is 5.93. The number of nitrogens with two attached hydrogens (primary N) is 1. The molecule has 0 atom stereocenters. The summed E-state index contributed by atoms with van der Waals surface area (Å²) in [6.45, 7) is 0.135. The van der Waals surface area contributed by atoms with Crippen LogP contribution in [0, 0.1) is 0 Å². The Bertz CT molecular complexity index is 713. The maximum absolute atomic E-state index is 12.3. The SMILES string of the molecule is CSc1cccc(NS(=O)(=O)c2cc(CN)oc2Br)c1. The maximum Gasteiger partial charge on any atom is 0.266 e. The van der Waals surface area contributed by atoms with E-state index in [0.717, 1.165) is 4.90 Å². The molecule has 0 saturated heterocycles. The average Bonchev–Trinajstić information content (AvgIpc) is 2.80. The van der Waals surface area contributed by atoms with Gasteiger partial charge in [0.25, 0.3) is 10.0 Å². The highest BCUT2D eigenvalue weighted by atomic mass is 79.9. The van der Waals surface area contributed by atoms with E-state index in [4.69, 9.17) is 10.2 Å². The topological polar surface area (TPSA) is 85.3 Å². The van der Waals surface area contributed by atoms with Crippen molar-refractivity contribution in [1.29, 1.82) is 0 Å². The van der Waals surface area contributed by atoms with E-state index in [-0.39, 0.29) is 16.1 Å². The third kappa shape index (κ3) is 3.38. The first-order chi connectivity index (χ1) is 9.46. The molecule has 0 aliphatic carbocycles. The Morgan fingerprint density at radius 1 is 1.40 bits per heavy atom. The van der Waals surface area contributed by atoms with Crippen LogP contribution >= 0.6 is 27.7 Å². The van der Waals surface area contributed by atoms with Gasteiger partial charge >= 0.3 is 0 Å². The lowest BCUT2D eigenvalue weighted by molar-refractivity contribution is 0.484. The molecule has 0 aliphatic heterocycles. The van der Waals surface area contributed by atoms with Crippen molar-refractivity contribution in [1.82, 2.24) is 0 Å². The van der Waals surface area contributed by atoms with Crippen molar-refractivity contribution in [3.63, 3.8) is 0 Å². The van der Waals surface area contributed by atoms with Crippen LogP contribution in [0.4, 0.5) is 5.69 Å².